The number of carbonyl (C=O) groups is 1. The van der Waals surface area contributed by atoms with Gasteiger partial charge >= 0.3 is 0 Å². The molecule has 0 aliphatic heterocycles. The fraction of sp³-hybridized carbons (Fsp3) is 0.933. The van der Waals surface area contributed by atoms with Gasteiger partial charge in [0, 0.05) is 26.0 Å². The van der Waals surface area contributed by atoms with Crippen LogP contribution in [-0.2, 0) is 9.53 Å². The third-order valence-corrected chi connectivity index (χ3v) is 2.86. The van der Waals surface area contributed by atoms with Crippen LogP contribution in [0.4, 0.5) is 0 Å². The summed E-state index contributed by atoms with van der Waals surface area (Å²) in [4.78, 5) is 10.6. The molecule has 116 valence electrons. The molecule has 0 bridgehead atoms. The monoisotopic (exact) mass is 275 g/mol. The molecular formula is C15H33NO3. The molecule has 2 N–H and O–H groups in total. The van der Waals surface area contributed by atoms with E-state index in [-0.39, 0.29) is 24.5 Å². The molecule has 1 amide bonds. The number of unbranched alkanes of at least 4 members (excludes halogenated alkanes) is 1. The van der Waals surface area contributed by atoms with Gasteiger partial charge in [-0.25, -0.2) is 0 Å². The predicted octanol–water partition coefficient (Wildman–Crippen LogP) is 2.74. The number of rotatable bonds is 10. The number of amides is 1. The van der Waals surface area contributed by atoms with Gasteiger partial charge in [-0.2, -0.15) is 0 Å². The van der Waals surface area contributed by atoms with Crippen molar-refractivity contribution in [3.05, 3.63) is 0 Å². The number of nitrogens with one attached hydrogen (secondary N) is 1. The van der Waals surface area contributed by atoms with E-state index in [1.807, 2.05) is 20.8 Å². The summed E-state index contributed by atoms with van der Waals surface area (Å²) in [6.07, 6.45) is 4.19. The zero-order valence-electron chi connectivity index (χ0n) is 13.4. The van der Waals surface area contributed by atoms with E-state index in [4.69, 9.17) is 4.74 Å². The Labute approximate surface area is 118 Å². The predicted molar refractivity (Wildman–Crippen MR) is 80.2 cm³/mol. The maximum Gasteiger partial charge on any atom is 0.216 e. The highest BCUT2D eigenvalue weighted by molar-refractivity contribution is 5.72. The Hall–Kier alpha value is -0.610. The van der Waals surface area contributed by atoms with Crippen molar-refractivity contribution in [2.24, 2.45) is 5.92 Å². The molecule has 0 saturated heterocycles. The topological polar surface area (TPSA) is 58.6 Å². The summed E-state index contributed by atoms with van der Waals surface area (Å²) >= 11 is 0. The number of carbonyl (C=O) groups excluding carboxylic acids is 1. The van der Waals surface area contributed by atoms with Gasteiger partial charge in [-0.05, 0) is 26.2 Å². The van der Waals surface area contributed by atoms with Crippen LogP contribution in [-0.4, -0.2) is 36.9 Å². The molecule has 0 aromatic heterocycles. The standard InChI is InChI=1S/C13H27NO3.C2H6/c1-4-11(2)17-10-13(9-15)7-5-6-8-14-12(3)16;1-2/h11,13,15H,4-10H2,1-3H3,(H,14,16);1-2H3. The highest BCUT2D eigenvalue weighted by atomic mass is 16.5. The SMILES string of the molecule is CC.CCC(C)OCC(CO)CCCCNC(C)=O. The van der Waals surface area contributed by atoms with Crippen LogP contribution in [0.3, 0.4) is 0 Å². The number of aliphatic hydroxyl groups excluding tert-OH is 1. The summed E-state index contributed by atoms with van der Waals surface area (Å²) in [5.74, 6) is 0.241. The van der Waals surface area contributed by atoms with Crippen molar-refractivity contribution in [1.82, 2.24) is 5.32 Å². The first kappa shape index (κ1) is 20.7. The maximum atomic E-state index is 10.6. The molecule has 0 heterocycles. The van der Waals surface area contributed by atoms with Gasteiger partial charge in [0.15, 0.2) is 0 Å². The van der Waals surface area contributed by atoms with Crippen molar-refractivity contribution in [2.75, 3.05) is 19.8 Å². The van der Waals surface area contributed by atoms with Gasteiger partial charge in [0.2, 0.25) is 5.91 Å². The third kappa shape index (κ3) is 15.3. The first-order chi connectivity index (χ1) is 9.10. The minimum Gasteiger partial charge on any atom is -0.396 e. The molecule has 0 aliphatic carbocycles. The molecule has 2 unspecified atom stereocenters. The lowest BCUT2D eigenvalue weighted by Gasteiger charge is -2.17. The van der Waals surface area contributed by atoms with Crippen LogP contribution in [0.5, 0.6) is 0 Å². The minimum atomic E-state index is 0.0174. The van der Waals surface area contributed by atoms with Gasteiger partial charge in [-0.3, -0.25) is 4.79 Å². The Bertz CT molecular complexity index is 198. The van der Waals surface area contributed by atoms with Gasteiger partial charge in [-0.15, -0.1) is 0 Å². The van der Waals surface area contributed by atoms with Crippen LogP contribution in [0.2, 0.25) is 0 Å². The van der Waals surface area contributed by atoms with Crippen LogP contribution < -0.4 is 5.32 Å². The maximum absolute atomic E-state index is 10.6. The van der Waals surface area contributed by atoms with E-state index in [0.29, 0.717) is 6.61 Å². The van der Waals surface area contributed by atoms with Crippen molar-refractivity contribution >= 4 is 5.91 Å². The van der Waals surface area contributed by atoms with Crippen LogP contribution in [0.25, 0.3) is 0 Å². The minimum absolute atomic E-state index is 0.0174. The van der Waals surface area contributed by atoms with E-state index in [2.05, 4.69) is 12.2 Å². The Morgan fingerprint density at radius 3 is 2.42 bits per heavy atom. The average Bonchev–Trinajstić information content (AvgIpc) is 2.43. The van der Waals surface area contributed by atoms with Gasteiger partial charge in [0.1, 0.15) is 0 Å². The largest absolute Gasteiger partial charge is 0.396 e. The number of hydrogen-bond acceptors (Lipinski definition) is 3. The van der Waals surface area contributed by atoms with Gasteiger partial charge in [0.25, 0.3) is 0 Å². The zero-order valence-corrected chi connectivity index (χ0v) is 13.4. The molecule has 4 nitrogen and oxygen atoms in total. The van der Waals surface area contributed by atoms with E-state index in [0.717, 1.165) is 32.2 Å². The van der Waals surface area contributed by atoms with E-state index in [1.165, 1.54) is 6.92 Å². The molecule has 0 saturated carbocycles. The van der Waals surface area contributed by atoms with Crippen LogP contribution in [0, 0.1) is 5.92 Å². The number of hydrogen-bond donors (Lipinski definition) is 2. The smallest absolute Gasteiger partial charge is 0.216 e. The molecule has 0 aromatic rings. The van der Waals surface area contributed by atoms with Crippen molar-refractivity contribution in [3.63, 3.8) is 0 Å². The molecule has 0 aliphatic rings. The molecular weight excluding hydrogens is 242 g/mol. The number of ether oxygens (including phenoxy) is 1. The van der Waals surface area contributed by atoms with Gasteiger partial charge < -0.3 is 15.2 Å². The van der Waals surface area contributed by atoms with Gasteiger partial charge in [-0.1, -0.05) is 27.2 Å². The van der Waals surface area contributed by atoms with Crippen molar-refractivity contribution < 1.29 is 14.6 Å². The summed E-state index contributed by atoms with van der Waals surface area (Å²) in [6.45, 7) is 11.2. The van der Waals surface area contributed by atoms with E-state index in [9.17, 15) is 9.90 Å². The molecule has 0 radical (unpaired) electrons. The molecule has 0 spiro atoms. The lowest BCUT2D eigenvalue weighted by molar-refractivity contribution is -0.118. The Balaban J connectivity index is 0. The molecule has 4 heteroatoms. The lowest BCUT2D eigenvalue weighted by atomic mass is 10.0. The lowest BCUT2D eigenvalue weighted by Crippen LogP contribution is -2.22. The van der Waals surface area contributed by atoms with Gasteiger partial charge in [0.05, 0.1) is 12.7 Å². The van der Waals surface area contributed by atoms with Crippen molar-refractivity contribution in [2.45, 2.75) is 66.4 Å². The fourth-order valence-corrected chi connectivity index (χ4v) is 1.47. The summed E-state index contributed by atoms with van der Waals surface area (Å²) in [5.41, 5.74) is 0. The highest BCUT2D eigenvalue weighted by Crippen LogP contribution is 2.10. The summed E-state index contributed by atoms with van der Waals surface area (Å²) in [7, 11) is 0. The highest BCUT2D eigenvalue weighted by Gasteiger charge is 2.09. The second-order valence-corrected chi connectivity index (χ2v) is 4.58. The van der Waals surface area contributed by atoms with Crippen LogP contribution in [0.15, 0.2) is 0 Å². The summed E-state index contributed by atoms with van der Waals surface area (Å²) in [6, 6.07) is 0. The van der Waals surface area contributed by atoms with Crippen LogP contribution in [0.1, 0.15) is 60.3 Å². The van der Waals surface area contributed by atoms with Crippen LogP contribution >= 0.6 is 0 Å². The molecule has 0 fully saturated rings. The Morgan fingerprint density at radius 1 is 1.32 bits per heavy atom. The normalized spacial score (nSPS) is 13.2. The van der Waals surface area contributed by atoms with Crippen molar-refractivity contribution in [3.8, 4) is 0 Å². The molecule has 19 heavy (non-hydrogen) atoms. The van der Waals surface area contributed by atoms with E-state index in [1.54, 1.807) is 0 Å². The third-order valence-electron chi connectivity index (χ3n) is 2.86. The summed E-state index contributed by atoms with van der Waals surface area (Å²) in [5, 5.41) is 12.0. The quantitative estimate of drug-likeness (QED) is 0.603. The Kier molecular flexibility index (Phi) is 16.8. The zero-order chi connectivity index (χ0) is 15.1. The fourth-order valence-electron chi connectivity index (χ4n) is 1.47. The average molecular weight is 275 g/mol. The second-order valence-electron chi connectivity index (χ2n) is 4.58. The molecule has 0 rings (SSSR count). The first-order valence-corrected chi connectivity index (χ1v) is 7.57. The van der Waals surface area contributed by atoms with E-state index < -0.39 is 0 Å². The second kappa shape index (κ2) is 15.4. The Morgan fingerprint density at radius 2 is 1.95 bits per heavy atom. The first-order valence-electron chi connectivity index (χ1n) is 7.57. The molecule has 2 atom stereocenters. The molecule has 0 aromatic carbocycles. The summed E-state index contributed by atoms with van der Waals surface area (Å²) < 4.78 is 5.61. The number of aliphatic hydroxyl groups is 1. The van der Waals surface area contributed by atoms with Crippen molar-refractivity contribution in [1.29, 1.82) is 0 Å². The van der Waals surface area contributed by atoms with E-state index >= 15 is 0 Å².